The summed E-state index contributed by atoms with van der Waals surface area (Å²) in [6, 6.07) is 3.34. The molecule has 0 unspecified atom stereocenters. The van der Waals surface area contributed by atoms with Crippen LogP contribution in [-0.4, -0.2) is 17.4 Å². The van der Waals surface area contributed by atoms with Crippen LogP contribution in [0.1, 0.15) is 43.2 Å². The number of amides is 1. The highest BCUT2D eigenvalue weighted by Gasteiger charge is 2.17. The van der Waals surface area contributed by atoms with Gasteiger partial charge in [-0.25, -0.2) is 4.98 Å². The highest BCUT2D eigenvalue weighted by molar-refractivity contribution is 5.94. The summed E-state index contributed by atoms with van der Waals surface area (Å²) in [5.74, 6) is 0.286. The number of hydrogen-bond acceptors (Lipinski definition) is 3. The maximum absolute atomic E-state index is 11.9. The van der Waals surface area contributed by atoms with Gasteiger partial charge in [0.25, 0.3) is 5.91 Å². The molecule has 4 nitrogen and oxygen atoms in total. The maximum atomic E-state index is 11.9. The summed E-state index contributed by atoms with van der Waals surface area (Å²) in [6.07, 6.45) is 1.02. The lowest BCUT2D eigenvalue weighted by Crippen LogP contribution is -2.33. The van der Waals surface area contributed by atoms with E-state index in [9.17, 15) is 4.79 Å². The third kappa shape index (κ3) is 4.06. The van der Waals surface area contributed by atoms with Crippen molar-refractivity contribution in [2.45, 2.75) is 34.1 Å². The van der Waals surface area contributed by atoms with Crippen molar-refractivity contribution in [2.24, 2.45) is 5.41 Å². The predicted molar refractivity (Wildman–Crippen MR) is 69.8 cm³/mol. The van der Waals surface area contributed by atoms with Crippen LogP contribution in [0.2, 0.25) is 0 Å². The second-order valence-corrected chi connectivity index (χ2v) is 5.12. The number of rotatable bonds is 4. The van der Waals surface area contributed by atoms with Crippen LogP contribution in [-0.2, 0) is 0 Å². The normalized spacial score (nSPS) is 11.3. The number of nitrogen functional groups attached to an aromatic ring is 1. The molecule has 0 atom stereocenters. The van der Waals surface area contributed by atoms with E-state index < -0.39 is 0 Å². The minimum Gasteiger partial charge on any atom is -0.384 e. The zero-order valence-corrected chi connectivity index (χ0v) is 11.0. The molecule has 4 heteroatoms. The Kier molecular flexibility index (Phi) is 4.10. The Bertz CT molecular complexity index is 393. The second-order valence-electron chi connectivity index (χ2n) is 5.12. The molecule has 0 aliphatic carbocycles. The van der Waals surface area contributed by atoms with Crippen LogP contribution in [0.4, 0.5) is 5.82 Å². The van der Waals surface area contributed by atoms with Gasteiger partial charge in [0.2, 0.25) is 0 Å². The molecule has 0 saturated heterocycles. The summed E-state index contributed by atoms with van der Waals surface area (Å²) in [5, 5.41) is 2.92. The fraction of sp³-hybridized carbons (Fsp3) is 0.538. The molecular formula is C13H21N3O. The van der Waals surface area contributed by atoms with Gasteiger partial charge in [-0.1, -0.05) is 20.8 Å². The van der Waals surface area contributed by atoms with E-state index in [1.54, 1.807) is 12.1 Å². The molecule has 94 valence electrons. The number of aryl methyl sites for hydroxylation is 1. The third-order valence-electron chi connectivity index (χ3n) is 2.92. The van der Waals surface area contributed by atoms with E-state index in [1.807, 2.05) is 6.92 Å². The quantitative estimate of drug-likeness (QED) is 0.840. The van der Waals surface area contributed by atoms with Crippen molar-refractivity contribution in [3.05, 3.63) is 23.4 Å². The van der Waals surface area contributed by atoms with Crippen LogP contribution in [0.5, 0.6) is 0 Å². The molecule has 0 spiro atoms. The van der Waals surface area contributed by atoms with E-state index >= 15 is 0 Å². The molecule has 1 heterocycles. The van der Waals surface area contributed by atoms with Gasteiger partial charge in [-0.2, -0.15) is 0 Å². The molecule has 3 N–H and O–H groups in total. The standard InChI is InChI=1S/C13H21N3O/c1-5-13(3,4)8-15-12(17)10-6-9(2)16-11(14)7-10/h6-7H,5,8H2,1-4H3,(H2,14,16)(H,15,17). The predicted octanol–water partition coefficient (Wildman–Crippen LogP) is 2.14. The minimum atomic E-state index is -0.0938. The first kappa shape index (κ1) is 13.5. The van der Waals surface area contributed by atoms with Gasteiger partial charge < -0.3 is 11.1 Å². The summed E-state index contributed by atoms with van der Waals surface area (Å²) in [6.45, 7) is 8.84. The molecule has 0 aliphatic rings. The lowest BCUT2D eigenvalue weighted by atomic mass is 9.90. The van der Waals surface area contributed by atoms with Gasteiger partial charge in [0, 0.05) is 17.8 Å². The van der Waals surface area contributed by atoms with Crippen molar-refractivity contribution in [3.63, 3.8) is 0 Å². The highest BCUT2D eigenvalue weighted by Crippen LogP contribution is 2.18. The van der Waals surface area contributed by atoms with Crippen LogP contribution in [0, 0.1) is 12.3 Å². The smallest absolute Gasteiger partial charge is 0.251 e. The number of nitrogens with two attached hydrogens (primary N) is 1. The van der Waals surface area contributed by atoms with Crippen molar-refractivity contribution in [1.82, 2.24) is 10.3 Å². The Morgan fingerprint density at radius 2 is 2.12 bits per heavy atom. The number of pyridine rings is 1. The summed E-state index contributed by atoms with van der Waals surface area (Å²) in [4.78, 5) is 16.0. The molecule has 1 aromatic heterocycles. The lowest BCUT2D eigenvalue weighted by Gasteiger charge is -2.22. The topological polar surface area (TPSA) is 68.0 Å². The first-order valence-corrected chi connectivity index (χ1v) is 5.86. The van der Waals surface area contributed by atoms with Gasteiger partial charge in [0.1, 0.15) is 5.82 Å². The van der Waals surface area contributed by atoms with Crippen molar-refractivity contribution in [2.75, 3.05) is 12.3 Å². The second kappa shape index (κ2) is 5.17. The molecule has 0 bridgehead atoms. The Hall–Kier alpha value is -1.58. The van der Waals surface area contributed by atoms with Gasteiger partial charge in [0.15, 0.2) is 0 Å². The van der Waals surface area contributed by atoms with Crippen molar-refractivity contribution in [3.8, 4) is 0 Å². The fourth-order valence-corrected chi connectivity index (χ4v) is 1.37. The average molecular weight is 235 g/mol. The van der Waals surface area contributed by atoms with Crippen molar-refractivity contribution >= 4 is 11.7 Å². The van der Waals surface area contributed by atoms with Crippen LogP contribution < -0.4 is 11.1 Å². The molecule has 0 fully saturated rings. The molecule has 0 radical (unpaired) electrons. The van der Waals surface area contributed by atoms with Crippen LogP contribution in [0.25, 0.3) is 0 Å². The summed E-state index contributed by atoms with van der Waals surface area (Å²) in [7, 11) is 0. The van der Waals surface area contributed by atoms with Crippen molar-refractivity contribution in [1.29, 1.82) is 0 Å². The van der Waals surface area contributed by atoms with Crippen molar-refractivity contribution < 1.29 is 4.79 Å². The summed E-state index contributed by atoms with van der Waals surface area (Å²) in [5.41, 5.74) is 7.05. The van der Waals surface area contributed by atoms with E-state index in [-0.39, 0.29) is 11.3 Å². The van der Waals surface area contributed by atoms with Gasteiger partial charge >= 0.3 is 0 Å². The Labute approximate surface area is 103 Å². The van der Waals surface area contributed by atoms with E-state index in [0.717, 1.165) is 12.1 Å². The molecule has 1 amide bonds. The molecule has 1 rings (SSSR count). The van der Waals surface area contributed by atoms with E-state index in [4.69, 9.17) is 5.73 Å². The molecule has 17 heavy (non-hydrogen) atoms. The number of anilines is 1. The first-order chi connectivity index (χ1) is 7.84. The summed E-state index contributed by atoms with van der Waals surface area (Å²) < 4.78 is 0. The largest absolute Gasteiger partial charge is 0.384 e. The van der Waals surface area contributed by atoms with Crippen LogP contribution in [0.15, 0.2) is 12.1 Å². The Balaban J connectivity index is 2.70. The molecule has 0 saturated carbocycles. The van der Waals surface area contributed by atoms with Gasteiger partial charge in [-0.05, 0) is 30.9 Å². The number of carbonyl (C=O) groups is 1. The third-order valence-corrected chi connectivity index (χ3v) is 2.92. The number of nitrogens with one attached hydrogen (secondary N) is 1. The first-order valence-electron chi connectivity index (χ1n) is 5.86. The van der Waals surface area contributed by atoms with Gasteiger partial charge in [0.05, 0.1) is 0 Å². The summed E-state index contributed by atoms with van der Waals surface area (Å²) >= 11 is 0. The number of aromatic nitrogens is 1. The number of hydrogen-bond donors (Lipinski definition) is 2. The Morgan fingerprint density at radius 1 is 1.47 bits per heavy atom. The average Bonchev–Trinajstić information content (AvgIpc) is 2.24. The van der Waals surface area contributed by atoms with E-state index in [2.05, 4.69) is 31.1 Å². The monoisotopic (exact) mass is 235 g/mol. The van der Waals surface area contributed by atoms with E-state index in [1.165, 1.54) is 0 Å². The SMILES string of the molecule is CCC(C)(C)CNC(=O)c1cc(C)nc(N)c1. The molecule has 0 aliphatic heterocycles. The van der Waals surface area contributed by atoms with Gasteiger partial charge in [-0.15, -0.1) is 0 Å². The zero-order valence-electron chi connectivity index (χ0n) is 11.0. The number of nitrogens with zero attached hydrogens (tertiary/aromatic N) is 1. The van der Waals surface area contributed by atoms with Gasteiger partial charge in [-0.3, -0.25) is 4.79 Å². The zero-order chi connectivity index (χ0) is 13.1. The minimum absolute atomic E-state index is 0.0938. The fourth-order valence-electron chi connectivity index (χ4n) is 1.37. The number of carbonyl (C=O) groups excluding carboxylic acids is 1. The Morgan fingerprint density at radius 3 is 2.65 bits per heavy atom. The lowest BCUT2D eigenvalue weighted by molar-refractivity contribution is 0.0935. The molecule has 1 aromatic rings. The van der Waals surface area contributed by atoms with Crippen LogP contribution >= 0.6 is 0 Å². The maximum Gasteiger partial charge on any atom is 0.251 e. The van der Waals surface area contributed by atoms with E-state index in [0.29, 0.717) is 17.9 Å². The van der Waals surface area contributed by atoms with Crippen LogP contribution in [0.3, 0.4) is 0 Å². The highest BCUT2D eigenvalue weighted by atomic mass is 16.1. The molecule has 0 aromatic carbocycles. The molecular weight excluding hydrogens is 214 g/mol.